The van der Waals surface area contributed by atoms with Crippen LogP contribution in [0.25, 0.3) is 0 Å². The SMILES string of the molecule is CCOC(=O)C(CC)OCCNC(C)C. The summed E-state index contributed by atoms with van der Waals surface area (Å²) in [6, 6.07) is 0.441. The van der Waals surface area contributed by atoms with Gasteiger partial charge in [-0.1, -0.05) is 20.8 Å². The number of ether oxygens (including phenoxy) is 2. The van der Waals surface area contributed by atoms with Crippen molar-refractivity contribution < 1.29 is 14.3 Å². The molecule has 0 aromatic rings. The van der Waals surface area contributed by atoms with Crippen molar-refractivity contribution in [1.82, 2.24) is 5.32 Å². The van der Waals surface area contributed by atoms with E-state index in [1.54, 1.807) is 6.92 Å². The molecule has 1 unspecified atom stereocenters. The van der Waals surface area contributed by atoms with Crippen molar-refractivity contribution in [2.45, 2.75) is 46.3 Å². The molecule has 0 radical (unpaired) electrons. The quantitative estimate of drug-likeness (QED) is 0.492. The Labute approximate surface area is 92.3 Å². The summed E-state index contributed by atoms with van der Waals surface area (Å²) in [6.45, 7) is 9.56. The lowest BCUT2D eigenvalue weighted by Crippen LogP contribution is -2.31. The molecule has 90 valence electrons. The molecule has 0 aromatic heterocycles. The zero-order valence-corrected chi connectivity index (χ0v) is 10.2. The van der Waals surface area contributed by atoms with Gasteiger partial charge in [-0.15, -0.1) is 0 Å². The minimum Gasteiger partial charge on any atom is -0.464 e. The summed E-state index contributed by atoms with van der Waals surface area (Å²) in [7, 11) is 0. The van der Waals surface area contributed by atoms with Crippen molar-refractivity contribution in [1.29, 1.82) is 0 Å². The average Bonchev–Trinajstić information content (AvgIpc) is 2.17. The maximum absolute atomic E-state index is 11.3. The molecule has 0 aliphatic heterocycles. The summed E-state index contributed by atoms with van der Waals surface area (Å²) in [5.41, 5.74) is 0. The van der Waals surface area contributed by atoms with E-state index in [1.165, 1.54) is 0 Å². The van der Waals surface area contributed by atoms with Gasteiger partial charge >= 0.3 is 5.97 Å². The van der Waals surface area contributed by atoms with Gasteiger partial charge in [0.05, 0.1) is 13.2 Å². The van der Waals surface area contributed by atoms with Crippen LogP contribution in [0.5, 0.6) is 0 Å². The van der Waals surface area contributed by atoms with Crippen LogP contribution in [0.15, 0.2) is 0 Å². The number of nitrogens with one attached hydrogen (secondary N) is 1. The van der Waals surface area contributed by atoms with Crippen LogP contribution >= 0.6 is 0 Å². The zero-order valence-electron chi connectivity index (χ0n) is 10.2. The molecule has 0 fully saturated rings. The van der Waals surface area contributed by atoms with Crippen LogP contribution in [-0.4, -0.2) is 37.9 Å². The van der Waals surface area contributed by atoms with E-state index in [9.17, 15) is 4.79 Å². The molecule has 0 bridgehead atoms. The van der Waals surface area contributed by atoms with E-state index in [0.717, 1.165) is 6.54 Å². The standard InChI is InChI=1S/C11H23NO3/c1-5-10(11(13)14-6-2)15-8-7-12-9(3)4/h9-10,12H,5-8H2,1-4H3. The van der Waals surface area contributed by atoms with Gasteiger partial charge in [0.1, 0.15) is 0 Å². The molecule has 0 rings (SSSR count). The maximum atomic E-state index is 11.3. The topological polar surface area (TPSA) is 47.6 Å². The fraction of sp³-hybridized carbons (Fsp3) is 0.909. The lowest BCUT2D eigenvalue weighted by molar-refractivity contribution is -0.156. The van der Waals surface area contributed by atoms with Gasteiger partial charge in [-0.3, -0.25) is 0 Å². The molecule has 0 heterocycles. The lowest BCUT2D eigenvalue weighted by Gasteiger charge is -2.15. The number of carbonyl (C=O) groups excluding carboxylic acids is 1. The van der Waals surface area contributed by atoms with Crippen molar-refractivity contribution in [2.24, 2.45) is 0 Å². The Hall–Kier alpha value is -0.610. The van der Waals surface area contributed by atoms with Crippen molar-refractivity contribution in [3.63, 3.8) is 0 Å². The monoisotopic (exact) mass is 217 g/mol. The third-order valence-electron chi connectivity index (χ3n) is 1.89. The number of rotatable bonds is 8. The fourth-order valence-electron chi connectivity index (χ4n) is 1.14. The second-order valence-corrected chi connectivity index (χ2v) is 3.63. The minimum atomic E-state index is -0.418. The van der Waals surface area contributed by atoms with Gasteiger partial charge in [0, 0.05) is 12.6 Å². The predicted octanol–water partition coefficient (Wildman–Crippen LogP) is 1.34. The minimum absolute atomic E-state index is 0.260. The van der Waals surface area contributed by atoms with Gasteiger partial charge in [0.2, 0.25) is 0 Å². The van der Waals surface area contributed by atoms with E-state index in [2.05, 4.69) is 19.2 Å². The van der Waals surface area contributed by atoms with Crippen LogP contribution in [0.1, 0.15) is 34.1 Å². The summed E-state index contributed by atoms with van der Waals surface area (Å²) >= 11 is 0. The Morgan fingerprint density at radius 3 is 2.47 bits per heavy atom. The van der Waals surface area contributed by atoms with Crippen LogP contribution in [0, 0.1) is 0 Å². The van der Waals surface area contributed by atoms with Gasteiger partial charge < -0.3 is 14.8 Å². The smallest absolute Gasteiger partial charge is 0.335 e. The third kappa shape index (κ3) is 7.33. The summed E-state index contributed by atoms with van der Waals surface area (Å²) in [6.07, 6.45) is 0.236. The molecule has 1 N–H and O–H groups in total. The summed E-state index contributed by atoms with van der Waals surface area (Å²) < 4.78 is 10.3. The Balaban J connectivity index is 3.65. The Kier molecular flexibility index (Phi) is 8.33. The molecule has 0 saturated heterocycles. The first-order valence-electron chi connectivity index (χ1n) is 5.63. The number of hydrogen-bond acceptors (Lipinski definition) is 4. The van der Waals surface area contributed by atoms with E-state index >= 15 is 0 Å². The van der Waals surface area contributed by atoms with E-state index in [1.807, 2.05) is 6.92 Å². The molecule has 0 aliphatic carbocycles. The van der Waals surface area contributed by atoms with Crippen molar-refractivity contribution in [2.75, 3.05) is 19.8 Å². The molecule has 0 amide bonds. The Morgan fingerprint density at radius 1 is 1.33 bits per heavy atom. The predicted molar refractivity (Wildman–Crippen MR) is 59.8 cm³/mol. The van der Waals surface area contributed by atoms with Gasteiger partial charge in [-0.2, -0.15) is 0 Å². The van der Waals surface area contributed by atoms with Crippen LogP contribution in [0.3, 0.4) is 0 Å². The molecule has 4 nitrogen and oxygen atoms in total. The van der Waals surface area contributed by atoms with Crippen molar-refractivity contribution >= 4 is 5.97 Å². The van der Waals surface area contributed by atoms with Gasteiger partial charge in [-0.05, 0) is 13.3 Å². The Bertz CT molecular complexity index is 171. The summed E-state index contributed by atoms with van der Waals surface area (Å²) in [4.78, 5) is 11.3. The molecule has 0 aromatic carbocycles. The zero-order chi connectivity index (χ0) is 11.7. The highest BCUT2D eigenvalue weighted by atomic mass is 16.6. The molecule has 0 spiro atoms. The first-order chi connectivity index (χ1) is 7.11. The van der Waals surface area contributed by atoms with E-state index in [0.29, 0.717) is 25.7 Å². The van der Waals surface area contributed by atoms with Crippen LogP contribution < -0.4 is 5.32 Å². The fourth-order valence-corrected chi connectivity index (χ4v) is 1.14. The molecular formula is C11H23NO3. The highest BCUT2D eigenvalue weighted by Gasteiger charge is 2.17. The first kappa shape index (κ1) is 14.4. The molecular weight excluding hydrogens is 194 g/mol. The van der Waals surface area contributed by atoms with E-state index in [-0.39, 0.29) is 5.97 Å². The second kappa shape index (κ2) is 8.68. The first-order valence-corrected chi connectivity index (χ1v) is 5.63. The molecule has 4 heteroatoms. The van der Waals surface area contributed by atoms with E-state index < -0.39 is 6.10 Å². The highest BCUT2D eigenvalue weighted by molar-refractivity contribution is 5.74. The second-order valence-electron chi connectivity index (χ2n) is 3.63. The Morgan fingerprint density at radius 2 is 2.00 bits per heavy atom. The lowest BCUT2D eigenvalue weighted by atomic mass is 10.3. The highest BCUT2D eigenvalue weighted by Crippen LogP contribution is 2.00. The largest absolute Gasteiger partial charge is 0.464 e. The normalized spacial score (nSPS) is 12.9. The summed E-state index contributed by atoms with van der Waals surface area (Å²) in [5.74, 6) is -0.260. The molecule has 0 aliphatic rings. The molecule has 15 heavy (non-hydrogen) atoms. The van der Waals surface area contributed by atoms with Crippen LogP contribution in [-0.2, 0) is 14.3 Å². The number of carbonyl (C=O) groups is 1. The van der Waals surface area contributed by atoms with Gasteiger partial charge in [0.15, 0.2) is 6.10 Å². The van der Waals surface area contributed by atoms with Crippen LogP contribution in [0.2, 0.25) is 0 Å². The molecule has 0 saturated carbocycles. The number of hydrogen-bond donors (Lipinski definition) is 1. The molecule has 1 atom stereocenters. The third-order valence-corrected chi connectivity index (χ3v) is 1.89. The maximum Gasteiger partial charge on any atom is 0.335 e. The van der Waals surface area contributed by atoms with Crippen molar-refractivity contribution in [3.05, 3.63) is 0 Å². The van der Waals surface area contributed by atoms with Gasteiger partial charge in [0.25, 0.3) is 0 Å². The van der Waals surface area contributed by atoms with Crippen LogP contribution in [0.4, 0.5) is 0 Å². The van der Waals surface area contributed by atoms with Crippen molar-refractivity contribution in [3.8, 4) is 0 Å². The van der Waals surface area contributed by atoms with Gasteiger partial charge in [-0.25, -0.2) is 4.79 Å². The average molecular weight is 217 g/mol. The number of esters is 1. The van der Waals surface area contributed by atoms with E-state index in [4.69, 9.17) is 9.47 Å². The summed E-state index contributed by atoms with van der Waals surface area (Å²) in [5, 5.41) is 3.22.